The van der Waals surface area contributed by atoms with Crippen LogP contribution in [0.4, 0.5) is 5.69 Å². The van der Waals surface area contributed by atoms with E-state index in [9.17, 15) is 14.7 Å². The molecule has 3 aromatic carbocycles. The Kier molecular flexibility index (Phi) is 4.57. The van der Waals surface area contributed by atoms with Gasteiger partial charge in [0.05, 0.1) is 11.2 Å². The van der Waals surface area contributed by atoms with E-state index >= 15 is 0 Å². The van der Waals surface area contributed by atoms with Gasteiger partial charge in [0.1, 0.15) is 0 Å². The Hall–Kier alpha value is -3.24. The van der Waals surface area contributed by atoms with Crippen LogP contribution in [-0.4, -0.2) is 23.2 Å². The monoisotopic (exact) mass is 371 g/mol. The number of ketones is 2. The van der Waals surface area contributed by atoms with E-state index in [-0.39, 0.29) is 11.6 Å². The van der Waals surface area contributed by atoms with Gasteiger partial charge in [0.2, 0.25) is 0 Å². The van der Waals surface area contributed by atoms with Gasteiger partial charge < -0.3 is 10.4 Å². The summed E-state index contributed by atoms with van der Waals surface area (Å²) in [5, 5.41) is 14.0. The van der Waals surface area contributed by atoms with Crippen LogP contribution in [0, 0.1) is 0 Å². The van der Waals surface area contributed by atoms with Crippen LogP contribution in [0.1, 0.15) is 50.8 Å². The summed E-state index contributed by atoms with van der Waals surface area (Å²) >= 11 is 0. The number of carbonyl (C=O) groups is 2. The fourth-order valence-electron chi connectivity index (χ4n) is 3.67. The van der Waals surface area contributed by atoms with Crippen molar-refractivity contribution >= 4 is 17.3 Å². The minimum atomic E-state index is -0.991. The van der Waals surface area contributed by atoms with Gasteiger partial charge in [-0.15, -0.1) is 0 Å². The van der Waals surface area contributed by atoms with E-state index in [4.69, 9.17) is 0 Å². The first-order valence-electron chi connectivity index (χ1n) is 9.32. The summed E-state index contributed by atoms with van der Waals surface area (Å²) in [4.78, 5) is 25.8. The molecular weight excluding hydrogens is 350 g/mol. The number of fused-ring (bicyclic) bond motifs is 2. The molecule has 0 bridgehead atoms. The molecule has 1 aliphatic rings. The minimum absolute atomic E-state index is 0.134. The highest BCUT2D eigenvalue weighted by molar-refractivity contribution is 6.30. The van der Waals surface area contributed by atoms with E-state index in [1.54, 1.807) is 49.4 Å². The Labute approximate surface area is 163 Å². The van der Waals surface area contributed by atoms with Crippen molar-refractivity contribution in [2.45, 2.75) is 18.9 Å². The van der Waals surface area contributed by atoms with Gasteiger partial charge >= 0.3 is 0 Å². The van der Waals surface area contributed by atoms with E-state index in [0.717, 1.165) is 5.56 Å². The summed E-state index contributed by atoms with van der Waals surface area (Å²) in [6, 6.07) is 21.7. The normalized spacial score (nSPS) is 14.8. The lowest BCUT2D eigenvalue weighted by atomic mass is 9.83. The Morgan fingerprint density at radius 3 is 2.11 bits per heavy atom. The molecule has 0 aliphatic heterocycles. The van der Waals surface area contributed by atoms with Crippen molar-refractivity contribution in [3.05, 3.63) is 101 Å². The lowest BCUT2D eigenvalue weighted by Crippen LogP contribution is -2.26. The standard InChI is InChI=1S/C24H21NO3/c1-24(28,16-8-3-2-4-9-16)14-15-25-20-13-7-12-19-21(20)23(27)18-11-6-5-10-17(18)22(19)26/h2-13,25,28H,14-15H2,1H3. The van der Waals surface area contributed by atoms with E-state index < -0.39 is 5.60 Å². The lowest BCUT2D eigenvalue weighted by molar-refractivity contribution is 0.0515. The zero-order valence-electron chi connectivity index (χ0n) is 15.6. The maximum atomic E-state index is 13.0. The summed E-state index contributed by atoms with van der Waals surface area (Å²) in [5.41, 5.74) is 2.18. The predicted molar refractivity (Wildman–Crippen MR) is 109 cm³/mol. The third-order valence-corrected chi connectivity index (χ3v) is 5.28. The first-order chi connectivity index (χ1) is 13.5. The number of hydrogen-bond acceptors (Lipinski definition) is 4. The highest BCUT2D eigenvalue weighted by Crippen LogP contribution is 2.32. The van der Waals surface area contributed by atoms with Gasteiger partial charge in [0, 0.05) is 28.9 Å². The summed E-state index contributed by atoms with van der Waals surface area (Å²) in [7, 11) is 0. The maximum absolute atomic E-state index is 13.0. The van der Waals surface area contributed by atoms with Gasteiger partial charge in [-0.05, 0) is 25.0 Å². The molecule has 4 heteroatoms. The van der Waals surface area contributed by atoms with E-state index in [2.05, 4.69) is 5.32 Å². The third-order valence-electron chi connectivity index (χ3n) is 5.28. The number of nitrogens with one attached hydrogen (secondary N) is 1. The van der Waals surface area contributed by atoms with Crippen LogP contribution in [0.25, 0.3) is 0 Å². The Morgan fingerprint density at radius 2 is 1.39 bits per heavy atom. The van der Waals surface area contributed by atoms with Crippen LogP contribution in [0.5, 0.6) is 0 Å². The van der Waals surface area contributed by atoms with Gasteiger partial charge in [-0.3, -0.25) is 9.59 Å². The van der Waals surface area contributed by atoms with Crippen LogP contribution >= 0.6 is 0 Å². The molecule has 0 aromatic heterocycles. The predicted octanol–water partition coefficient (Wildman–Crippen LogP) is 4.17. The van der Waals surface area contributed by atoms with Crippen LogP contribution in [0.2, 0.25) is 0 Å². The molecule has 0 heterocycles. The topological polar surface area (TPSA) is 66.4 Å². The molecule has 140 valence electrons. The smallest absolute Gasteiger partial charge is 0.196 e. The van der Waals surface area contributed by atoms with Crippen molar-refractivity contribution < 1.29 is 14.7 Å². The quantitative estimate of drug-likeness (QED) is 0.553. The molecule has 0 amide bonds. The first kappa shape index (κ1) is 18.1. The van der Waals surface area contributed by atoms with Gasteiger partial charge in [-0.2, -0.15) is 0 Å². The maximum Gasteiger partial charge on any atom is 0.196 e. The second-order valence-electron chi connectivity index (χ2n) is 7.25. The fraction of sp³-hybridized carbons (Fsp3) is 0.167. The molecule has 1 aliphatic carbocycles. The summed E-state index contributed by atoms with van der Waals surface area (Å²) in [6.07, 6.45) is 0.458. The molecule has 0 spiro atoms. The summed E-state index contributed by atoms with van der Waals surface area (Å²) in [6.45, 7) is 2.23. The van der Waals surface area contributed by atoms with Crippen LogP contribution in [0.15, 0.2) is 72.8 Å². The van der Waals surface area contributed by atoms with Crippen molar-refractivity contribution in [2.24, 2.45) is 0 Å². The number of rotatable bonds is 5. The molecule has 0 saturated carbocycles. The SMILES string of the molecule is CC(O)(CCNc1cccc2c1C(=O)c1ccccc1C2=O)c1ccccc1. The number of hydrogen-bond donors (Lipinski definition) is 2. The molecule has 1 unspecified atom stereocenters. The van der Waals surface area contributed by atoms with Crippen LogP contribution in [-0.2, 0) is 5.60 Å². The highest BCUT2D eigenvalue weighted by atomic mass is 16.3. The van der Waals surface area contributed by atoms with Crippen molar-refractivity contribution in [1.82, 2.24) is 0 Å². The average molecular weight is 371 g/mol. The second kappa shape index (κ2) is 7.06. The van der Waals surface area contributed by atoms with E-state index in [0.29, 0.717) is 40.9 Å². The van der Waals surface area contributed by atoms with Gasteiger partial charge in [0.25, 0.3) is 0 Å². The third kappa shape index (κ3) is 3.12. The summed E-state index contributed by atoms with van der Waals surface area (Å²) in [5.74, 6) is -0.284. The molecule has 4 rings (SSSR count). The molecule has 28 heavy (non-hydrogen) atoms. The molecule has 3 aromatic rings. The highest BCUT2D eigenvalue weighted by Gasteiger charge is 2.31. The number of benzene rings is 3. The largest absolute Gasteiger partial charge is 0.385 e. The van der Waals surface area contributed by atoms with E-state index in [1.807, 2.05) is 30.3 Å². The number of carbonyl (C=O) groups excluding carboxylic acids is 2. The average Bonchev–Trinajstić information content (AvgIpc) is 2.72. The van der Waals surface area contributed by atoms with Gasteiger partial charge in [0.15, 0.2) is 11.6 Å². The minimum Gasteiger partial charge on any atom is -0.385 e. The van der Waals surface area contributed by atoms with Crippen LogP contribution < -0.4 is 5.32 Å². The number of aliphatic hydroxyl groups is 1. The lowest BCUT2D eigenvalue weighted by Gasteiger charge is -2.25. The summed E-state index contributed by atoms with van der Waals surface area (Å²) < 4.78 is 0. The zero-order chi connectivity index (χ0) is 19.7. The van der Waals surface area contributed by atoms with Crippen molar-refractivity contribution in [2.75, 3.05) is 11.9 Å². The molecular formula is C24H21NO3. The molecule has 0 radical (unpaired) electrons. The van der Waals surface area contributed by atoms with Crippen LogP contribution in [0.3, 0.4) is 0 Å². The van der Waals surface area contributed by atoms with E-state index in [1.165, 1.54) is 0 Å². The molecule has 2 N–H and O–H groups in total. The first-order valence-corrected chi connectivity index (χ1v) is 9.32. The zero-order valence-corrected chi connectivity index (χ0v) is 15.6. The van der Waals surface area contributed by atoms with Crippen molar-refractivity contribution in [3.8, 4) is 0 Å². The fourth-order valence-corrected chi connectivity index (χ4v) is 3.67. The van der Waals surface area contributed by atoms with Gasteiger partial charge in [-0.25, -0.2) is 0 Å². The molecule has 0 saturated heterocycles. The Morgan fingerprint density at radius 1 is 0.786 bits per heavy atom. The Balaban J connectivity index is 1.58. The van der Waals surface area contributed by atoms with Crippen molar-refractivity contribution in [1.29, 1.82) is 0 Å². The Bertz CT molecular complexity index is 1050. The number of anilines is 1. The molecule has 1 atom stereocenters. The second-order valence-corrected chi connectivity index (χ2v) is 7.25. The van der Waals surface area contributed by atoms with Crippen molar-refractivity contribution in [3.63, 3.8) is 0 Å². The van der Waals surface area contributed by atoms with Gasteiger partial charge in [-0.1, -0.05) is 66.7 Å². The molecule has 0 fully saturated rings. The molecule has 4 nitrogen and oxygen atoms in total.